The van der Waals surface area contributed by atoms with Gasteiger partial charge in [-0.2, -0.15) is 9.29 Å². The van der Waals surface area contributed by atoms with Crippen molar-refractivity contribution in [1.29, 1.82) is 0 Å². The number of thiophene rings is 1. The van der Waals surface area contributed by atoms with Crippen LogP contribution in [0.2, 0.25) is 0 Å². The fourth-order valence-electron chi connectivity index (χ4n) is 3.94. The second-order valence-electron chi connectivity index (χ2n) is 8.28. The van der Waals surface area contributed by atoms with Gasteiger partial charge in [-0.1, -0.05) is 19.0 Å². The summed E-state index contributed by atoms with van der Waals surface area (Å²) in [6.07, 6.45) is 1.37. The number of nitrogens with zero attached hydrogens (tertiary/aromatic N) is 4. The van der Waals surface area contributed by atoms with Crippen LogP contribution in [-0.4, -0.2) is 73.1 Å². The summed E-state index contributed by atoms with van der Waals surface area (Å²) in [5.74, 6) is 0.729. The first-order chi connectivity index (χ1) is 14.8. The van der Waals surface area contributed by atoms with Crippen molar-refractivity contribution in [1.82, 2.24) is 19.3 Å². The molecule has 0 aliphatic carbocycles. The standard InChI is InChI=1S/C20H28N4O5S2/c1-13(2)19-21-18(22-29-19)16-11-17(14(3)30-16)31(26,27)24-6-4-5-15(12-24)20(25)23-7-9-28-10-8-23/h11,13,15H,4-10,12H2,1-3H3. The highest BCUT2D eigenvalue weighted by Gasteiger charge is 2.36. The molecule has 0 N–H and O–H groups in total. The molecule has 11 heteroatoms. The molecule has 9 nitrogen and oxygen atoms in total. The molecule has 2 aromatic rings. The van der Waals surface area contributed by atoms with Crippen molar-refractivity contribution in [3.05, 3.63) is 16.8 Å². The van der Waals surface area contributed by atoms with E-state index < -0.39 is 10.0 Å². The van der Waals surface area contributed by atoms with E-state index >= 15 is 0 Å². The monoisotopic (exact) mass is 468 g/mol. The maximum atomic E-state index is 13.4. The first kappa shape index (κ1) is 22.4. The molecule has 0 aromatic carbocycles. The Labute approximate surface area is 186 Å². The predicted molar refractivity (Wildman–Crippen MR) is 115 cm³/mol. The minimum absolute atomic E-state index is 0.0268. The Kier molecular flexibility index (Phi) is 6.47. The minimum atomic E-state index is -3.72. The highest BCUT2D eigenvalue weighted by Crippen LogP contribution is 2.35. The number of hydrogen-bond donors (Lipinski definition) is 0. The van der Waals surface area contributed by atoms with E-state index in [-0.39, 0.29) is 29.2 Å². The van der Waals surface area contributed by atoms with E-state index in [9.17, 15) is 13.2 Å². The molecular weight excluding hydrogens is 440 g/mol. The molecule has 170 valence electrons. The molecule has 0 saturated carbocycles. The van der Waals surface area contributed by atoms with Crippen LogP contribution < -0.4 is 0 Å². The summed E-state index contributed by atoms with van der Waals surface area (Å²) < 4.78 is 38.9. The van der Waals surface area contributed by atoms with Crippen LogP contribution in [0.1, 0.15) is 43.4 Å². The lowest BCUT2D eigenvalue weighted by Crippen LogP contribution is -2.49. The molecule has 1 amide bonds. The third-order valence-corrected chi connectivity index (χ3v) is 8.87. The largest absolute Gasteiger partial charge is 0.378 e. The number of hydrogen-bond acceptors (Lipinski definition) is 8. The van der Waals surface area contributed by atoms with E-state index in [0.717, 1.165) is 0 Å². The Morgan fingerprint density at radius 3 is 2.68 bits per heavy atom. The third-order valence-electron chi connectivity index (χ3n) is 5.70. The maximum absolute atomic E-state index is 13.4. The lowest BCUT2D eigenvalue weighted by atomic mass is 9.98. The van der Waals surface area contributed by atoms with Gasteiger partial charge in [0.15, 0.2) is 0 Å². The van der Waals surface area contributed by atoms with Crippen molar-refractivity contribution < 1.29 is 22.5 Å². The van der Waals surface area contributed by atoms with E-state index in [4.69, 9.17) is 9.26 Å². The summed E-state index contributed by atoms with van der Waals surface area (Å²) in [7, 11) is -3.72. The van der Waals surface area contributed by atoms with Crippen molar-refractivity contribution in [2.24, 2.45) is 5.92 Å². The first-order valence-corrected chi connectivity index (χ1v) is 12.8. The number of sulfonamides is 1. The molecular formula is C20H28N4O5S2. The third kappa shape index (κ3) is 4.55. The van der Waals surface area contributed by atoms with Gasteiger partial charge < -0.3 is 14.2 Å². The van der Waals surface area contributed by atoms with E-state index in [1.807, 2.05) is 13.8 Å². The van der Waals surface area contributed by atoms with E-state index in [1.165, 1.54) is 15.6 Å². The number of aromatic nitrogens is 2. The van der Waals surface area contributed by atoms with Crippen molar-refractivity contribution >= 4 is 27.3 Å². The highest BCUT2D eigenvalue weighted by atomic mass is 32.2. The fraction of sp³-hybridized carbons (Fsp3) is 0.650. The Balaban J connectivity index is 1.53. The van der Waals surface area contributed by atoms with Crippen molar-refractivity contribution in [2.75, 3.05) is 39.4 Å². The minimum Gasteiger partial charge on any atom is -0.378 e. The highest BCUT2D eigenvalue weighted by molar-refractivity contribution is 7.89. The number of rotatable bonds is 5. The Hall–Kier alpha value is -1.82. The lowest BCUT2D eigenvalue weighted by molar-refractivity contribution is -0.140. The van der Waals surface area contributed by atoms with Crippen molar-refractivity contribution in [2.45, 2.75) is 44.4 Å². The van der Waals surface area contributed by atoms with Gasteiger partial charge in [0.2, 0.25) is 27.6 Å². The molecule has 2 aliphatic heterocycles. The Morgan fingerprint density at radius 2 is 2.00 bits per heavy atom. The van der Waals surface area contributed by atoms with Gasteiger partial charge >= 0.3 is 0 Å². The van der Waals surface area contributed by atoms with Crippen LogP contribution in [0.15, 0.2) is 15.5 Å². The van der Waals surface area contributed by atoms with Gasteiger partial charge in [-0.3, -0.25) is 4.79 Å². The Morgan fingerprint density at radius 1 is 1.26 bits per heavy atom. The molecule has 1 atom stereocenters. The SMILES string of the molecule is Cc1sc(-c2noc(C(C)C)n2)cc1S(=O)(=O)N1CCCC(C(=O)N2CCOCC2)C1. The van der Waals surface area contributed by atoms with Gasteiger partial charge in [-0.05, 0) is 25.8 Å². The second kappa shape index (κ2) is 8.97. The maximum Gasteiger partial charge on any atom is 0.244 e. The number of piperidine rings is 1. The van der Waals surface area contributed by atoms with Gasteiger partial charge in [0.25, 0.3) is 0 Å². The molecule has 1 unspecified atom stereocenters. The molecule has 4 heterocycles. The average Bonchev–Trinajstić information content (AvgIpc) is 3.41. The number of ether oxygens (including phenoxy) is 1. The van der Waals surface area contributed by atoms with Gasteiger partial charge in [-0.15, -0.1) is 11.3 Å². The molecule has 31 heavy (non-hydrogen) atoms. The number of amides is 1. The molecule has 4 rings (SSSR count). The zero-order valence-electron chi connectivity index (χ0n) is 18.0. The number of carbonyl (C=O) groups is 1. The van der Waals surface area contributed by atoms with Crippen LogP contribution in [0, 0.1) is 12.8 Å². The van der Waals surface area contributed by atoms with E-state index in [2.05, 4.69) is 10.1 Å². The molecule has 0 spiro atoms. The topological polar surface area (TPSA) is 106 Å². The summed E-state index contributed by atoms with van der Waals surface area (Å²) >= 11 is 1.33. The van der Waals surface area contributed by atoms with Crippen molar-refractivity contribution in [3.8, 4) is 10.7 Å². The number of morpholine rings is 1. The normalized spacial score (nSPS) is 21.0. The summed E-state index contributed by atoms with van der Waals surface area (Å²) in [6.45, 7) is 8.52. The zero-order valence-corrected chi connectivity index (χ0v) is 19.7. The van der Waals surface area contributed by atoms with E-state index in [0.29, 0.717) is 67.2 Å². The molecule has 2 aromatic heterocycles. The molecule has 2 aliphatic rings. The summed E-state index contributed by atoms with van der Waals surface area (Å²) in [5, 5.41) is 4.00. The number of aryl methyl sites for hydroxylation is 1. The summed E-state index contributed by atoms with van der Waals surface area (Å²) in [6, 6.07) is 1.62. The fourth-order valence-corrected chi connectivity index (χ4v) is 6.95. The molecule has 0 radical (unpaired) electrons. The van der Waals surface area contributed by atoms with Crippen LogP contribution in [0.4, 0.5) is 0 Å². The van der Waals surface area contributed by atoms with Gasteiger partial charge in [0, 0.05) is 37.0 Å². The van der Waals surface area contributed by atoms with Gasteiger partial charge in [0.1, 0.15) is 0 Å². The zero-order chi connectivity index (χ0) is 22.2. The molecule has 2 saturated heterocycles. The van der Waals surface area contributed by atoms with Crippen LogP contribution in [0.25, 0.3) is 10.7 Å². The van der Waals surface area contributed by atoms with Crippen LogP contribution >= 0.6 is 11.3 Å². The lowest BCUT2D eigenvalue weighted by Gasteiger charge is -2.35. The van der Waals surface area contributed by atoms with Gasteiger partial charge in [0.05, 0.1) is 28.9 Å². The Bertz CT molecular complexity index is 1040. The quantitative estimate of drug-likeness (QED) is 0.664. The number of carbonyl (C=O) groups excluding carboxylic acids is 1. The smallest absolute Gasteiger partial charge is 0.244 e. The summed E-state index contributed by atoms with van der Waals surface area (Å²) in [4.78, 5) is 20.7. The van der Waals surface area contributed by atoms with E-state index in [1.54, 1.807) is 17.9 Å². The van der Waals surface area contributed by atoms with Crippen LogP contribution in [0.3, 0.4) is 0 Å². The van der Waals surface area contributed by atoms with Crippen LogP contribution in [0.5, 0.6) is 0 Å². The predicted octanol–water partition coefficient (Wildman–Crippen LogP) is 2.49. The average molecular weight is 469 g/mol. The van der Waals surface area contributed by atoms with Crippen molar-refractivity contribution in [3.63, 3.8) is 0 Å². The van der Waals surface area contributed by atoms with Gasteiger partial charge in [-0.25, -0.2) is 8.42 Å². The summed E-state index contributed by atoms with van der Waals surface area (Å²) in [5.41, 5.74) is 0. The molecule has 0 bridgehead atoms. The second-order valence-corrected chi connectivity index (χ2v) is 11.4. The van der Waals surface area contributed by atoms with Crippen LogP contribution in [-0.2, 0) is 19.6 Å². The first-order valence-electron chi connectivity index (χ1n) is 10.6. The molecule has 2 fully saturated rings.